The van der Waals surface area contributed by atoms with Gasteiger partial charge < -0.3 is 4.90 Å². The Morgan fingerprint density at radius 3 is 2.09 bits per heavy atom. The standard InChI is InChI=1S/C18H28N2O3/c1-14(2)9-11-19(12-10-15(3)4)18(21)13-16-7-5-6-8-17(16)20(22)23/h5-8,14-15H,9-13H2,1-4H3. The SMILES string of the molecule is CC(C)CCN(CCC(C)C)C(=O)Cc1ccccc1[N+](=O)[O-]. The molecule has 23 heavy (non-hydrogen) atoms. The second-order valence-corrected chi connectivity index (χ2v) is 6.81. The number of hydrogen-bond acceptors (Lipinski definition) is 3. The maximum atomic E-state index is 12.6. The van der Waals surface area contributed by atoms with Crippen LogP contribution in [-0.4, -0.2) is 28.8 Å². The minimum Gasteiger partial charge on any atom is -0.342 e. The van der Waals surface area contributed by atoms with Gasteiger partial charge in [-0.2, -0.15) is 0 Å². The number of nitrogens with zero attached hydrogens (tertiary/aromatic N) is 2. The lowest BCUT2D eigenvalue weighted by atomic mass is 10.1. The van der Waals surface area contributed by atoms with Crippen molar-refractivity contribution >= 4 is 11.6 Å². The van der Waals surface area contributed by atoms with Crippen LogP contribution in [0.3, 0.4) is 0 Å². The minimum atomic E-state index is -0.421. The lowest BCUT2D eigenvalue weighted by molar-refractivity contribution is -0.385. The molecule has 0 atom stereocenters. The minimum absolute atomic E-state index is 0.0218. The van der Waals surface area contributed by atoms with Gasteiger partial charge in [-0.05, 0) is 24.7 Å². The van der Waals surface area contributed by atoms with Crippen LogP contribution < -0.4 is 0 Å². The van der Waals surface area contributed by atoms with E-state index >= 15 is 0 Å². The van der Waals surface area contributed by atoms with Gasteiger partial charge in [0.1, 0.15) is 0 Å². The molecule has 128 valence electrons. The van der Waals surface area contributed by atoms with E-state index in [4.69, 9.17) is 0 Å². The van der Waals surface area contributed by atoms with E-state index in [1.54, 1.807) is 18.2 Å². The largest absolute Gasteiger partial charge is 0.342 e. The summed E-state index contributed by atoms with van der Waals surface area (Å²) in [6.45, 7) is 9.95. The highest BCUT2D eigenvalue weighted by Crippen LogP contribution is 2.19. The van der Waals surface area contributed by atoms with Crippen molar-refractivity contribution in [2.75, 3.05) is 13.1 Å². The number of benzene rings is 1. The number of nitro benzene ring substituents is 1. The van der Waals surface area contributed by atoms with Gasteiger partial charge in [-0.25, -0.2) is 0 Å². The molecule has 0 bridgehead atoms. The van der Waals surface area contributed by atoms with Crippen LogP contribution in [0.1, 0.15) is 46.1 Å². The zero-order chi connectivity index (χ0) is 17.4. The molecule has 0 heterocycles. The molecular weight excluding hydrogens is 292 g/mol. The molecule has 0 saturated heterocycles. The summed E-state index contributed by atoms with van der Waals surface area (Å²) in [5.74, 6) is 1.02. The Labute approximate surface area is 138 Å². The van der Waals surface area contributed by atoms with Gasteiger partial charge >= 0.3 is 0 Å². The van der Waals surface area contributed by atoms with E-state index in [2.05, 4.69) is 27.7 Å². The van der Waals surface area contributed by atoms with Crippen LogP contribution in [0.15, 0.2) is 24.3 Å². The fourth-order valence-electron chi connectivity index (χ4n) is 2.30. The second kappa shape index (κ2) is 9.28. The van der Waals surface area contributed by atoms with Crippen LogP contribution in [0.25, 0.3) is 0 Å². The number of carbonyl (C=O) groups excluding carboxylic acids is 1. The van der Waals surface area contributed by atoms with Gasteiger partial charge in [0, 0.05) is 24.7 Å². The van der Waals surface area contributed by atoms with Crippen LogP contribution in [-0.2, 0) is 11.2 Å². The first-order chi connectivity index (χ1) is 10.8. The number of para-hydroxylation sites is 1. The topological polar surface area (TPSA) is 63.5 Å². The highest BCUT2D eigenvalue weighted by atomic mass is 16.6. The van der Waals surface area contributed by atoms with Gasteiger partial charge in [0.25, 0.3) is 5.69 Å². The van der Waals surface area contributed by atoms with Crippen LogP contribution in [0.2, 0.25) is 0 Å². The summed E-state index contributed by atoms with van der Waals surface area (Å²) in [6, 6.07) is 6.48. The molecule has 0 fully saturated rings. The normalized spacial score (nSPS) is 11.0. The smallest absolute Gasteiger partial charge is 0.273 e. The molecular formula is C18H28N2O3. The van der Waals surface area contributed by atoms with Crippen molar-refractivity contribution in [2.45, 2.75) is 47.0 Å². The van der Waals surface area contributed by atoms with Crippen LogP contribution in [0.5, 0.6) is 0 Å². The molecule has 1 amide bonds. The summed E-state index contributed by atoms with van der Waals surface area (Å²) >= 11 is 0. The fraction of sp³-hybridized carbons (Fsp3) is 0.611. The molecule has 1 aromatic rings. The summed E-state index contributed by atoms with van der Waals surface area (Å²) < 4.78 is 0. The molecule has 0 aliphatic rings. The van der Waals surface area contributed by atoms with Crippen molar-refractivity contribution in [3.8, 4) is 0 Å². The Balaban J connectivity index is 2.81. The second-order valence-electron chi connectivity index (χ2n) is 6.81. The lowest BCUT2D eigenvalue weighted by Gasteiger charge is -2.24. The van der Waals surface area contributed by atoms with Crippen LogP contribution in [0.4, 0.5) is 5.69 Å². The lowest BCUT2D eigenvalue weighted by Crippen LogP contribution is -2.35. The number of amides is 1. The molecule has 0 spiro atoms. The third-order valence-electron chi connectivity index (χ3n) is 3.84. The van der Waals surface area contributed by atoms with E-state index in [1.165, 1.54) is 6.07 Å². The molecule has 0 aliphatic carbocycles. The molecule has 5 heteroatoms. The predicted molar refractivity (Wildman–Crippen MR) is 92.3 cm³/mol. The molecule has 5 nitrogen and oxygen atoms in total. The maximum absolute atomic E-state index is 12.6. The van der Waals surface area contributed by atoms with Crippen molar-refractivity contribution in [2.24, 2.45) is 11.8 Å². The average Bonchev–Trinajstić information content (AvgIpc) is 2.46. The maximum Gasteiger partial charge on any atom is 0.273 e. The molecule has 0 radical (unpaired) electrons. The summed E-state index contributed by atoms with van der Waals surface area (Å²) in [5.41, 5.74) is 0.509. The first-order valence-electron chi connectivity index (χ1n) is 8.31. The number of nitro groups is 1. The zero-order valence-electron chi connectivity index (χ0n) is 14.6. The van der Waals surface area contributed by atoms with Crippen molar-refractivity contribution in [3.05, 3.63) is 39.9 Å². The van der Waals surface area contributed by atoms with E-state index in [0.717, 1.165) is 12.8 Å². The quantitative estimate of drug-likeness (QED) is 0.509. The van der Waals surface area contributed by atoms with Gasteiger partial charge in [-0.1, -0.05) is 45.9 Å². The first-order valence-corrected chi connectivity index (χ1v) is 8.31. The summed E-state index contributed by atoms with van der Waals surface area (Å²) in [6.07, 6.45) is 1.98. The van der Waals surface area contributed by atoms with E-state index in [-0.39, 0.29) is 18.0 Å². The summed E-state index contributed by atoms with van der Waals surface area (Å²) in [7, 11) is 0. The zero-order valence-corrected chi connectivity index (χ0v) is 14.6. The van der Waals surface area contributed by atoms with E-state index in [1.807, 2.05) is 4.90 Å². The van der Waals surface area contributed by atoms with Gasteiger partial charge in [-0.15, -0.1) is 0 Å². The average molecular weight is 320 g/mol. The van der Waals surface area contributed by atoms with Crippen LogP contribution in [0, 0.1) is 22.0 Å². The summed E-state index contributed by atoms with van der Waals surface area (Å²) in [5, 5.41) is 11.1. The Hall–Kier alpha value is -1.91. The molecule has 0 aromatic heterocycles. The third kappa shape index (κ3) is 6.80. The number of rotatable bonds is 9. The number of hydrogen-bond donors (Lipinski definition) is 0. The monoisotopic (exact) mass is 320 g/mol. The number of carbonyl (C=O) groups is 1. The van der Waals surface area contributed by atoms with Crippen LogP contribution >= 0.6 is 0 Å². The molecule has 0 aliphatic heterocycles. The molecule has 0 unspecified atom stereocenters. The highest BCUT2D eigenvalue weighted by molar-refractivity contribution is 5.80. The molecule has 0 N–H and O–H groups in total. The highest BCUT2D eigenvalue weighted by Gasteiger charge is 2.20. The Kier molecular flexibility index (Phi) is 7.72. The van der Waals surface area contributed by atoms with E-state index in [0.29, 0.717) is 30.5 Å². The van der Waals surface area contributed by atoms with Gasteiger partial charge in [-0.3, -0.25) is 14.9 Å². The van der Waals surface area contributed by atoms with E-state index < -0.39 is 4.92 Å². The third-order valence-corrected chi connectivity index (χ3v) is 3.84. The van der Waals surface area contributed by atoms with Crippen molar-refractivity contribution < 1.29 is 9.72 Å². The van der Waals surface area contributed by atoms with Gasteiger partial charge in [0.15, 0.2) is 0 Å². The van der Waals surface area contributed by atoms with Crippen molar-refractivity contribution in [1.82, 2.24) is 4.90 Å². The fourth-order valence-corrected chi connectivity index (χ4v) is 2.30. The van der Waals surface area contributed by atoms with Gasteiger partial charge in [0.2, 0.25) is 5.91 Å². The first kappa shape index (κ1) is 19.1. The Morgan fingerprint density at radius 2 is 1.61 bits per heavy atom. The van der Waals surface area contributed by atoms with Crippen molar-refractivity contribution in [3.63, 3.8) is 0 Å². The molecule has 0 saturated carbocycles. The molecule has 1 rings (SSSR count). The summed E-state index contributed by atoms with van der Waals surface area (Å²) in [4.78, 5) is 25.1. The van der Waals surface area contributed by atoms with E-state index in [9.17, 15) is 14.9 Å². The Morgan fingerprint density at radius 1 is 1.09 bits per heavy atom. The molecule has 1 aromatic carbocycles. The van der Waals surface area contributed by atoms with Crippen molar-refractivity contribution in [1.29, 1.82) is 0 Å². The Bertz CT molecular complexity index is 515. The van der Waals surface area contributed by atoms with Gasteiger partial charge in [0.05, 0.1) is 11.3 Å². The predicted octanol–water partition coefficient (Wildman–Crippen LogP) is 4.06.